The highest BCUT2D eigenvalue weighted by atomic mass is 19.1. The number of halogens is 1. The average Bonchev–Trinajstić information content (AvgIpc) is 2.99. The third-order valence-corrected chi connectivity index (χ3v) is 2.59. The van der Waals surface area contributed by atoms with E-state index in [4.69, 9.17) is 4.42 Å². The van der Waals surface area contributed by atoms with Crippen molar-refractivity contribution in [1.82, 2.24) is 4.98 Å². The van der Waals surface area contributed by atoms with Crippen LogP contribution in [0.5, 0.6) is 0 Å². The summed E-state index contributed by atoms with van der Waals surface area (Å²) < 4.78 is 18.6. The van der Waals surface area contributed by atoms with Gasteiger partial charge in [-0.05, 0) is 12.8 Å². The van der Waals surface area contributed by atoms with Crippen LogP contribution in [0.3, 0.4) is 0 Å². The van der Waals surface area contributed by atoms with Crippen molar-refractivity contribution in [3.05, 3.63) is 29.4 Å². The van der Waals surface area contributed by atoms with Crippen LogP contribution in [0.1, 0.15) is 35.0 Å². The highest BCUT2D eigenvalue weighted by Gasteiger charge is 2.27. The Bertz CT molecular complexity index is 543. The molecule has 0 radical (unpaired) electrons. The Labute approximate surface area is 84.9 Å². The van der Waals surface area contributed by atoms with Gasteiger partial charge in [0.05, 0.1) is 0 Å². The van der Waals surface area contributed by atoms with Crippen molar-refractivity contribution < 1.29 is 13.6 Å². The molecule has 1 saturated carbocycles. The molecule has 2 aromatic heterocycles. The third-order valence-electron chi connectivity index (χ3n) is 2.59. The Morgan fingerprint density at radius 2 is 2.27 bits per heavy atom. The molecule has 0 aliphatic heterocycles. The third kappa shape index (κ3) is 1.33. The van der Waals surface area contributed by atoms with Crippen LogP contribution >= 0.6 is 0 Å². The van der Waals surface area contributed by atoms with Crippen molar-refractivity contribution in [3.8, 4) is 0 Å². The van der Waals surface area contributed by atoms with Crippen molar-refractivity contribution in [2.45, 2.75) is 18.8 Å². The number of carbonyl (C=O) groups excluding carboxylic acids is 1. The summed E-state index contributed by atoms with van der Waals surface area (Å²) in [4.78, 5) is 14.4. The molecular formula is C11H8FNO2. The van der Waals surface area contributed by atoms with Crippen LogP contribution in [0, 0.1) is 5.82 Å². The van der Waals surface area contributed by atoms with Gasteiger partial charge in [0.2, 0.25) is 0 Å². The maximum Gasteiger partial charge on any atom is 0.171 e. The SMILES string of the molecule is O=Cc1nc2cc(C3CC3)oc2cc1F. The van der Waals surface area contributed by atoms with Crippen LogP contribution in [-0.2, 0) is 0 Å². The maximum absolute atomic E-state index is 13.2. The standard InChI is InChI=1S/C11H8FNO2/c12-7-3-11-8(13-9(7)5-14)4-10(15-11)6-1-2-6/h3-6H,1-2H2. The smallest absolute Gasteiger partial charge is 0.171 e. The summed E-state index contributed by atoms with van der Waals surface area (Å²) in [5.41, 5.74) is 0.811. The molecule has 0 unspecified atom stereocenters. The van der Waals surface area contributed by atoms with Gasteiger partial charge in [-0.2, -0.15) is 0 Å². The van der Waals surface area contributed by atoms with Crippen molar-refractivity contribution >= 4 is 17.4 Å². The highest BCUT2D eigenvalue weighted by molar-refractivity contribution is 5.80. The molecule has 15 heavy (non-hydrogen) atoms. The Balaban J connectivity index is 2.20. The fourth-order valence-electron chi connectivity index (χ4n) is 1.63. The van der Waals surface area contributed by atoms with Crippen LogP contribution < -0.4 is 0 Å². The van der Waals surface area contributed by atoms with Crippen LogP contribution in [-0.4, -0.2) is 11.3 Å². The summed E-state index contributed by atoms with van der Waals surface area (Å²) in [7, 11) is 0. The Hall–Kier alpha value is -1.71. The molecule has 4 heteroatoms. The largest absolute Gasteiger partial charge is 0.459 e. The molecule has 2 heterocycles. The summed E-state index contributed by atoms with van der Waals surface area (Å²) in [5.74, 6) is 0.677. The normalized spacial score (nSPS) is 15.8. The monoisotopic (exact) mass is 205 g/mol. The molecule has 0 amide bonds. The van der Waals surface area contributed by atoms with E-state index in [-0.39, 0.29) is 5.69 Å². The molecule has 2 aromatic rings. The van der Waals surface area contributed by atoms with Gasteiger partial charge in [-0.3, -0.25) is 4.79 Å². The molecule has 0 bridgehead atoms. The lowest BCUT2D eigenvalue weighted by Crippen LogP contribution is -1.91. The van der Waals surface area contributed by atoms with E-state index in [0.29, 0.717) is 23.3 Å². The first-order chi connectivity index (χ1) is 7.28. The number of nitrogens with zero attached hydrogens (tertiary/aromatic N) is 1. The van der Waals surface area contributed by atoms with Gasteiger partial charge in [-0.25, -0.2) is 9.37 Å². The molecule has 76 valence electrons. The molecule has 0 atom stereocenters. The van der Waals surface area contributed by atoms with E-state index in [0.717, 1.165) is 18.6 Å². The molecule has 3 rings (SSSR count). The number of carbonyl (C=O) groups is 1. The zero-order valence-corrected chi connectivity index (χ0v) is 7.87. The predicted molar refractivity (Wildman–Crippen MR) is 51.3 cm³/mol. The van der Waals surface area contributed by atoms with Gasteiger partial charge in [-0.1, -0.05) is 0 Å². The molecule has 0 spiro atoms. The molecule has 0 N–H and O–H groups in total. The van der Waals surface area contributed by atoms with Gasteiger partial charge in [0.25, 0.3) is 0 Å². The van der Waals surface area contributed by atoms with Gasteiger partial charge >= 0.3 is 0 Å². The van der Waals surface area contributed by atoms with Gasteiger partial charge in [0.1, 0.15) is 17.0 Å². The number of hydrogen-bond donors (Lipinski definition) is 0. The fourth-order valence-corrected chi connectivity index (χ4v) is 1.63. The topological polar surface area (TPSA) is 43.1 Å². The number of aromatic nitrogens is 1. The van der Waals surface area contributed by atoms with Crippen molar-refractivity contribution in [3.63, 3.8) is 0 Å². The van der Waals surface area contributed by atoms with E-state index < -0.39 is 5.82 Å². The van der Waals surface area contributed by atoms with Gasteiger partial charge in [-0.15, -0.1) is 0 Å². The number of furan rings is 1. The predicted octanol–water partition coefficient (Wildman–Crippen LogP) is 2.66. The highest BCUT2D eigenvalue weighted by Crippen LogP contribution is 2.41. The van der Waals surface area contributed by atoms with Gasteiger partial charge < -0.3 is 4.42 Å². The second-order valence-corrected chi connectivity index (χ2v) is 3.78. The number of rotatable bonds is 2. The summed E-state index contributed by atoms with van der Waals surface area (Å²) in [6.45, 7) is 0. The number of fused-ring (bicyclic) bond motifs is 1. The molecule has 1 aliphatic carbocycles. The van der Waals surface area contributed by atoms with Gasteiger partial charge in [0, 0.05) is 18.1 Å². The minimum Gasteiger partial charge on any atom is -0.459 e. The summed E-state index contributed by atoms with van der Waals surface area (Å²) in [6, 6.07) is 3.01. The molecule has 1 fully saturated rings. The van der Waals surface area contributed by atoms with Crippen molar-refractivity contribution in [2.75, 3.05) is 0 Å². The summed E-state index contributed by atoms with van der Waals surface area (Å²) in [6.07, 6.45) is 2.64. The quantitative estimate of drug-likeness (QED) is 0.708. The molecule has 3 nitrogen and oxygen atoms in total. The lowest BCUT2D eigenvalue weighted by molar-refractivity contribution is 0.111. The van der Waals surface area contributed by atoms with Crippen LogP contribution in [0.4, 0.5) is 4.39 Å². The lowest BCUT2D eigenvalue weighted by atomic mass is 10.3. The maximum atomic E-state index is 13.2. The summed E-state index contributed by atoms with van der Waals surface area (Å²) in [5, 5.41) is 0. The van der Waals surface area contributed by atoms with E-state index in [1.54, 1.807) is 6.07 Å². The zero-order chi connectivity index (χ0) is 10.4. The molecule has 0 aromatic carbocycles. The lowest BCUT2D eigenvalue weighted by Gasteiger charge is -1.92. The van der Waals surface area contributed by atoms with E-state index in [9.17, 15) is 9.18 Å². The van der Waals surface area contributed by atoms with E-state index in [1.165, 1.54) is 6.07 Å². The first kappa shape index (κ1) is 8.59. The van der Waals surface area contributed by atoms with E-state index in [2.05, 4.69) is 4.98 Å². The van der Waals surface area contributed by atoms with Crippen LogP contribution in [0.2, 0.25) is 0 Å². The first-order valence-electron chi connectivity index (χ1n) is 4.83. The average molecular weight is 205 g/mol. The number of pyridine rings is 1. The fraction of sp³-hybridized carbons (Fsp3) is 0.273. The number of aldehydes is 1. The van der Waals surface area contributed by atoms with Gasteiger partial charge in [0.15, 0.2) is 17.7 Å². The Morgan fingerprint density at radius 1 is 1.47 bits per heavy atom. The van der Waals surface area contributed by atoms with Crippen LogP contribution in [0.15, 0.2) is 16.5 Å². The minimum atomic E-state index is -0.630. The second kappa shape index (κ2) is 2.89. The Morgan fingerprint density at radius 3 is 2.93 bits per heavy atom. The van der Waals surface area contributed by atoms with Crippen molar-refractivity contribution in [2.24, 2.45) is 0 Å². The zero-order valence-electron chi connectivity index (χ0n) is 7.87. The van der Waals surface area contributed by atoms with E-state index in [1.807, 2.05) is 0 Å². The first-order valence-corrected chi connectivity index (χ1v) is 4.83. The number of hydrogen-bond acceptors (Lipinski definition) is 3. The second-order valence-electron chi connectivity index (χ2n) is 3.78. The molecule has 1 aliphatic rings. The van der Waals surface area contributed by atoms with Crippen molar-refractivity contribution in [1.29, 1.82) is 0 Å². The molecule has 0 saturated heterocycles. The molecular weight excluding hydrogens is 197 g/mol. The van der Waals surface area contributed by atoms with Crippen LogP contribution in [0.25, 0.3) is 11.1 Å². The summed E-state index contributed by atoms with van der Waals surface area (Å²) >= 11 is 0. The van der Waals surface area contributed by atoms with E-state index >= 15 is 0 Å². The Kier molecular flexibility index (Phi) is 1.65. The minimum absolute atomic E-state index is 0.161.